The molecule has 1 atom stereocenters. The van der Waals surface area contributed by atoms with Gasteiger partial charge in [-0.1, -0.05) is 71.2 Å². The van der Waals surface area contributed by atoms with Gasteiger partial charge in [-0.05, 0) is 24.6 Å². The molecule has 0 aliphatic carbocycles. The molecule has 1 amide bonds. The number of halogens is 2. The maximum Gasteiger partial charge on any atom is 0.225 e. The largest absolute Gasteiger partial charge is 0.335 e. The molecule has 0 fully saturated rings. The van der Waals surface area contributed by atoms with Gasteiger partial charge in [-0.25, -0.2) is 8.42 Å². The van der Waals surface area contributed by atoms with Gasteiger partial charge in [0.1, 0.15) is 0 Å². The van der Waals surface area contributed by atoms with Crippen molar-refractivity contribution < 1.29 is 13.2 Å². The molecule has 5 nitrogen and oxygen atoms in total. The van der Waals surface area contributed by atoms with E-state index in [1.165, 1.54) is 12.1 Å². The van der Waals surface area contributed by atoms with Gasteiger partial charge in [0, 0.05) is 0 Å². The third kappa shape index (κ3) is 5.19. The minimum Gasteiger partial charge on any atom is -0.335 e. The molecule has 134 valence electrons. The van der Waals surface area contributed by atoms with Gasteiger partial charge < -0.3 is 5.32 Å². The molecule has 8 heteroatoms. The van der Waals surface area contributed by atoms with Crippen molar-refractivity contribution in [2.75, 3.05) is 0 Å². The molecule has 0 spiro atoms. The first-order valence-electron chi connectivity index (χ1n) is 7.41. The molecule has 2 aromatic rings. The SMILES string of the molecule is Cc1ccc(S(=O)(=O)C(NC(=O)Cc2ccccc2)C(N)(Cl)Cl)cc1. The van der Waals surface area contributed by atoms with Crippen molar-refractivity contribution in [3.05, 3.63) is 65.7 Å². The highest BCUT2D eigenvalue weighted by Gasteiger charge is 2.43. The maximum absolute atomic E-state index is 12.8. The highest BCUT2D eigenvalue weighted by molar-refractivity contribution is 7.92. The van der Waals surface area contributed by atoms with Crippen LogP contribution in [0.5, 0.6) is 0 Å². The highest BCUT2D eigenvalue weighted by atomic mass is 35.5. The number of benzene rings is 2. The molecule has 0 saturated heterocycles. The fourth-order valence-electron chi connectivity index (χ4n) is 2.22. The zero-order chi connectivity index (χ0) is 18.7. The lowest BCUT2D eigenvalue weighted by atomic mass is 10.1. The Morgan fingerprint density at radius 1 is 1.12 bits per heavy atom. The van der Waals surface area contributed by atoms with Crippen LogP contribution in [-0.4, -0.2) is 24.2 Å². The predicted molar refractivity (Wildman–Crippen MR) is 99.1 cm³/mol. The van der Waals surface area contributed by atoms with Crippen LogP contribution >= 0.6 is 23.2 Å². The van der Waals surface area contributed by atoms with Gasteiger partial charge in [0.25, 0.3) is 0 Å². The third-order valence-electron chi connectivity index (χ3n) is 3.51. The number of sulfone groups is 1. The minimum absolute atomic E-state index is 0.0232. The molecule has 2 rings (SSSR count). The fourth-order valence-corrected chi connectivity index (χ4v) is 4.52. The van der Waals surface area contributed by atoms with Crippen molar-refractivity contribution in [3.63, 3.8) is 0 Å². The summed E-state index contributed by atoms with van der Waals surface area (Å²) in [6, 6.07) is 15.0. The van der Waals surface area contributed by atoms with Crippen molar-refractivity contribution in [3.8, 4) is 0 Å². The average molecular weight is 401 g/mol. The summed E-state index contributed by atoms with van der Waals surface area (Å²) in [7, 11) is -4.08. The summed E-state index contributed by atoms with van der Waals surface area (Å²) in [5.41, 5.74) is 7.22. The number of hydrogen-bond acceptors (Lipinski definition) is 4. The summed E-state index contributed by atoms with van der Waals surface area (Å²) in [5, 5.41) is 0.651. The van der Waals surface area contributed by atoms with Crippen LogP contribution in [0.1, 0.15) is 11.1 Å². The topological polar surface area (TPSA) is 89.3 Å². The summed E-state index contributed by atoms with van der Waals surface area (Å²) >= 11 is 11.7. The zero-order valence-electron chi connectivity index (χ0n) is 13.4. The van der Waals surface area contributed by atoms with Crippen molar-refractivity contribution >= 4 is 38.9 Å². The first-order chi connectivity index (χ1) is 11.6. The molecule has 0 saturated carbocycles. The number of nitrogens with two attached hydrogens (primary N) is 1. The Balaban J connectivity index is 2.27. The van der Waals surface area contributed by atoms with Crippen LogP contribution in [-0.2, 0) is 21.1 Å². The number of carbonyl (C=O) groups excluding carboxylic acids is 1. The van der Waals surface area contributed by atoms with E-state index in [9.17, 15) is 13.2 Å². The number of hydrogen-bond donors (Lipinski definition) is 2. The van der Waals surface area contributed by atoms with Crippen molar-refractivity contribution in [1.29, 1.82) is 0 Å². The second-order valence-corrected chi connectivity index (χ2v) is 9.12. The number of aryl methyl sites for hydroxylation is 1. The Hall–Kier alpha value is -1.60. The quantitative estimate of drug-likeness (QED) is 0.575. The van der Waals surface area contributed by atoms with E-state index in [4.69, 9.17) is 28.9 Å². The summed E-state index contributed by atoms with van der Waals surface area (Å²) in [6.45, 7) is 1.83. The molecule has 25 heavy (non-hydrogen) atoms. The summed E-state index contributed by atoms with van der Waals surface area (Å²) in [6.07, 6.45) is -0.0232. The Labute approximate surface area is 157 Å². The minimum atomic E-state index is -4.08. The van der Waals surface area contributed by atoms with Crippen LogP contribution in [0, 0.1) is 6.92 Å². The molecule has 0 aromatic heterocycles. The molecule has 2 aromatic carbocycles. The summed E-state index contributed by atoms with van der Waals surface area (Å²) < 4.78 is 23.4. The Morgan fingerprint density at radius 2 is 1.68 bits per heavy atom. The average Bonchev–Trinajstić information content (AvgIpc) is 2.53. The Kier molecular flexibility index (Phi) is 6.11. The molecular formula is C17H18Cl2N2O3S. The van der Waals surface area contributed by atoms with Gasteiger partial charge in [-0.2, -0.15) is 0 Å². The van der Waals surface area contributed by atoms with E-state index in [2.05, 4.69) is 5.32 Å². The van der Waals surface area contributed by atoms with E-state index in [1.54, 1.807) is 36.4 Å². The molecule has 0 aliphatic rings. The van der Waals surface area contributed by atoms with Crippen LogP contribution in [0.2, 0.25) is 0 Å². The van der Waals surface area contributed by atoms with E-state index >= 15 is 0 Å². The molecular weight excluding hydrogens is 383 g/mol. The molecule has 0 bridgehead atoms. The maximum atomic E-state index is 12.8. The van der Waals surface area contributed by atoms with Crippen LogP contribution in [0.4, 0.5) is 0 Å². The summed E-state index contributed by atoms with van der Waals surface area (Å²) in [5.74, 6) is -0.553. The zero-order valence-corrected chi connectivity index (χ0v) is 15.8. The van der Waals surface area contributed by atoms with E-state index in [1.807, 2.05) is 13.0 Å². The van der Waals surface area contributed by atoms with Crippen molar-refractivity contribution in [2.45, 2.75) is 28.1 Å². The molecule has 0 aliphatic heterocycles. The second-order valence-electron chi connectivity index (χ2n) is 5.64. The molecule has 3 N–H and O–H groups in total. The standard InChI is InChI=1S/C17H18Cl2N2O3S/c1-12-7-9-14(10-8-12)25(23,24)16(17(18,19)20)21-15(22)11-13-5-3-2-4-6-13/h2-10,16H,11,20H2,1H3,(H,21,22). The van der Waals surface area contributed by atoms with Crippen LogP contribution in [0.3, 0.4) is 0 Å². The van der Waals surface area contributed by atoms with Crippen LogP contribution in [0.25, 0.3) is 0 Å². The molecule has 0 heterocycles. The number of alkyl halides is 2. The number of amides is 1. The van der Waals surface area contributed by atoms with E-state index in [-0.39, 0.29) is 11.3 Å². The molecule has 1 unspecified atom stereocenters. The van der Waals surface area contributed by atoms with Gasteiger partial charge in [0.05, 0.1) is 11.3 Å². The highest BCUT2D eigenvalue weighted by Crippen LogP contribution is 2.27. The van der Waals surface area contributed by atoms with E-state index in [0.717, 1.165) is 11.1 Å². The lowest BCUT2D eigenvalue weighted by Crippen LogP contribution is -2.56. The first kappa shape index (κ1) is 19.7. The summed E-state index contributed by atoms with van der Waals surface area (Å²) in [4.78, 5) is 12.2. The van der Waals surface area contributed by atoms with Gasteiger partial charge in [-0.3, -0.25) is 10.5 Å². The van der Waals surface area contributed by atoms with E-state index < -0.39 is 25.6 Å². The first-order valence-corrected chi connectivity index (χ1v) is 9.71. The molecule has 0 radical (unpaired) electrons. The van der Waals surface area contributed by atoms with Gasteiger partial charge >= 0.3 is 0 Å². The number of nitrogens with one attached hydrogen (secondary N) is 1. The lowest BCUT2D eigenvalue weighted by molar-refractivity contribution is -0.120. The number of rotatable bonds is 6. The van der Waals surface area contributed by atoms with Gasteiger partial charge in [0.15, 0.2) is 5.37 Å². The predicted octanol–water partition coefficient (Wildman–Crippen LogP) is 2.54. The van der Waals surface area contributed by atoms with Crippen molar-refractivity contribution in [1.82, 2.24) is 5.32 Å². The van der Waals surface area contributed by atoms with Crippen molar-refractivity contribution in [2.24, 2.45) is 5.73 Å². The third-order valence-corrected chi connectivity index (χ3v) is 6.24. The van der Waals surface area contributed by atoms with Gasteiger partial charge in [0.2, 0.25) is 20.2 Å². The Morgan fingerprint density at radius 3 is 2.20 bits per heavy atom. The fraction of sp³-hybridized carbons (Fsp3) is 0.235. The number of carbonyl (C=O) groups is 1. The lowest BCUT2D eigenvalue weighted by Gasteiger charge is -2.27. The second kappa shape index (κ2) is 7.74. The normalized spacial score (nSPS) is 13.3. The van der Waals surface area contributed by atoms with Crippen LogP contribution < -0.4 is 11.1 Å². The smallest absolute Gasteiger partial charge is 0.225 e. The Bertz CT molecular complexity index is 832. The van der Waals surface area contributed by atoms with Gasteiger partial charge in [-0.15, -0.1) is 0 Å². The van der Waals surface area contributed by atoms with E-state index in [0.29, 0.717) is 0 Å². The van der Waals surface area contributed by atoms with Crippen LogP contribution in [0.15, 0.2) is 59.5 Å². The monoisotopic (exact) mass is 400 g/mol.